The molecule has 13 heteroatoms. The molecule has 10 nitrogen and oxygen atoms in total. The van der Waals surface area contributed by atoms with Gasteiger partial charge in [0.2, 0.25) is 12.7 Å². The van der Waals surface area contributed by atoms with Gasteiger partial charge >= 0.3 is 18.1 Å². The van der Waals surface area contributed by atoms with Gasteiger partial charge in [-0.1, -0.05) is 42.5 Å². The van der Waals surface area contributed by atoms with Crippen molar-refractivity contribution in [2.24, 2.45) is 5.92 Å². The second-order valence-corrected chi connectivity index (χ2v) is 10.7. The smallest absolute Gasteiger partial charge is 0.490 e. The number of rotatable bonds is 8. The number of methoxy groups -OCH3 is 1. The van der Waals surface area contributed by atoms with E-state index < -0.39 is 30.1 Å². The summed E-state index contributed by atoms with van der Waals surface area (Å²) in [5.74, 6) is -3.02. The molecule has 3 aromatic carbocycles. The van der Waals surface area contributed by atoms with Gasteiger partial charge in [0, 0.05) is 18.5 Å². The molecule has 0 spiro atoms. The molecule has 0 radical (unpaired) electrons. The van der Waals surface area contributed by atoms with Crippen LogP contribution in [-0.2, 0) is 14.4 Å². The number of carboxylic acids is 2. The summed E-state index contributed by atoms with van der Waals surface area (Å²) in [4.78, 5) is 36.9. The number of likely N-dealkylation sites (tertiary alicyclic amines) is 1. The first kappa shape index (κ1) is 33.1. The fourth-order valence-corrected chi connectivity index (χ4v) is 5.69. The number of hydrogen-bond donors (Lipinski definition) is 3. The van der Waals surface area contributed by atoms with Crippen molar-refractivity contribution in [3.8, 4) is 17.2 Å². The Morgan fingerprint density at radius 2 is 1.62 bits per heavy atom. The molecular weight excluding hydrogens is 597 g/mol. The lowest BCUT2D eigenvalue weighted by Crippen LogP contribution is -2.39. The predicted molar refractivity (Wildman–Crippen MR) is 155 cm³/mol. The molecule has 3 aromatic rings. The summed E-state index contributed by atoms with van der Waals surface area (Å²) >= 11 is 0. The highest BCUT2D eigenvalue weighted by Gasteiger charge is 2.48. The third-order valence-electron chi connectivity index (χ3n) is 7.79. The number of carbonyl (C=O) groups is 3. The van der Waals surface area contributed by atoms with E-state index in [1.54, 1.807) is 7.11 Å². The van der Waals surface area contributed by atoms with E-state index in [9.17, 15) is 27.9 Å². The Morgan fingerprint density at radius 3 is 2.22 bits per heavy atom. The molecule has 5 rings (SSSR count). The van der Waals surface area contributed by atoms with Gasteiger partial charge in [-0.05, 0) is 60.4 Å². The van der Waals surface area contributed by atoms with E-state index in [0.29, 0.717) is 23.8 Å². The highest BCUT2D eigenvalue weighted by atomic mass is 19.4. The number of hydrogen-bond acceptors (Lipinski definition) is 7. The number of benzene rings is 3. The predicted octanol–water partition coefficient (Wildman–Crippen LogP) is 5.08. The average molecular weight is 631 g/mol. The van der Waals surface area contributed by atoms with Gasteiger partial charge in [-0.3, -0.25) is 14.5 Å². The van der Waals surface area contributed by atoms with Gasteiger partial charge in [0.1, 0.15) is 5.75 Å². The van der Waals surface area contributed by atoms with Gasteiger partial charge in [-0.15, -0.1) is 0 Å². The molecule has 1 amide bonds. The summed E-state index contributed by atoms with van der Waals surface area (Å²) in [6, 6.07) is 20.2. The van der Waals surface area contributed by atoms with Crippen LogP contribution >= 0.6 is 0 Å². The minimum Gasteiger partial charge on any atom is -0.497 e. The lowest BCUT2D eigenvalue weighted by molar-refractivity contribution is -0.192. The molecule has 45 heavy (non-hydrogen) atoms. The van der Waals surface area contributed by atoms with Crippen LogP contribution in [0.1, 0.15) is 47.2 Å². The molecular formula is C32H33F3N2O8. The van der Waals surface area contributed by atoms with Crippen molar-refractivity contribution in [1.82, 2.24) is 10.2 Å². The molecule has 2 aliphatic rings. The lowest BCUT2D eigenvalue weighted by atomic mass is 9.82. The molecule has 1 unspecified atom stereocenters. The second kappa shape index (κ2) is 13.9. The second-order valence-electron chi connectivity index (χ2n) is 10.7. The van der Waals surface area contributed by atoms with Gasteiger partial charge in [0.15, 0.2) is 11.5 Å². The van der Waals surface area contributed by atoms with Gasteiger partial charge in [0.05, 0.1) is 25.6 Å². The Bertz CT molecular complexity index is 1530. The van der Waals surface area contributed by atoms with Crippen molar-refractivity contribution < 1.29 is 52.0 Å². The number of alkyl halides is 3. The molecule has 4 atom stereocenters. The Morgan fingerprint density at radius 1 is 1.00 bits per heavy atom. The monoisotopic (exact) mass is 630 g/mol. The Kier molecular flexibility index (Phi) is 10.2. The number of nitrogens with one attached hydrogen (secondary N) is 1. The summed E-state index contributed by atoms with van der Waals surface area (Å²) in [5.41, 5.74) is 3.82. The highest BCUT2D eigenvalue weighted by molar-refractivity contribution is 5.79. The fraction of sp³-hybridized carbons (Fsp3) is 0.344. The number of carbonyl (C=O) groups excluding carboxylic acids is 1. The zero-order valence-corrected chi connectivity index (χ0v) is 24.7. The highest BCUT2D eigenvalue weighted by Crippen LogP contribution is 2.47. The maximum absolute atomic E-state index is 13.3. The first-order valence-electron chi connectivity index (χ1n) is 14.0. The van der Waals surface area contributed by atoms with Crippen LogP contribution in [0.15, 0.2) is 66.7 Å². The number of aliphatic carboxylic acids is 2. The van der Waals surface area contributed by atoms with Gasteiger partial charge in [0.25, 0.3) is 0 Å². The minimum atomic E-state index is -5.08. The molecule has 0 saturated carbocycles. The number of carboxylic acid groups (broad SMARTS) is 2. The van der Waals surface area contributed by atoms with Crippen LogP contribution in [0, 0.1) is 12.8 Å². The number of ether oxygens (including phenoxy) is 3. The van der Waals surface area contributed by atoms with Crippen LogP contribution in [0.5, 0.6) is 17.2 Å². The summed E-state index contributed by atoms with van der Waals surface area (Å²) in [6.45, 7) is 4.59. The van der Waals surface area contributed by atoms with E-state index in [0.717, 1.165) is 22.3 Å². The number of aryl methyl sites for hydroxylation is 1. The quantitative estimate of drug-likeness (QED) is 0.311. The van der Waals surface area contributed by atoms with E-state index in [1.807, 2.05) is 85.5 Å². The zero-order chi connectivity index (χ0) is 32.9. The molecule has 3 N–H and O–H groups in total. The zero-order valence-electron chi connectivity index (χ0n) is 24.7. The van der Waals surface area contributed by atoms with Crippen LogP contribution in [0.2, 0.25) is 0 Å². The Hall–Kier alpha value is -4.78. The van der Waals surface area contributed by atoms with E-state index in [2.05, 4.69) is 5.32 Å². The Labute approximate surface area is 257 Å². The molecule has 2 aliphatic heterocycles. The largest absolute Gasteiger partial charge is 0.497 e. The summed E-state index contributed by atoms with van der Waals surface area (Å²) in [5, 5.41) is 20.7. The average Bonchev–Trinajstić information content (AvgIpc) is 3.61. The van der Waals surface area contributed by atoms with Crippen molar-refractivity contribution in [1.29, 1.82) is 0 Å². The maximum Gasteiger partial charge on any atom is 0.490 e. The minimum absolute atomic E-state index is 0.0672. The lowest BCUT2D eigenvalue weighted by Gasteiger charge is -2.27. The SMILES string of the molecule is COc1ccc([C@H]2[C@H](C(=O)O)[C@@H](c3ccc4c(c3)OCO4)CN2CC(=O)NC(C)c2ccccc2C)cc1.O=C(O)C(F)(F)F. The first-order chi connectivity index (χ1) is 21.3. The van der Waals surface area contributed by atoms with E-state index in [4.69, 9.17) is 24.1 Å². The molecule has 0 aliphatic carbocycles. The molecule has 0 aromatic heterocycles. The van der Waals surface area contributed by atoms with Crippen molar-refractivity contribution >= 4 is 17.8 Å². The molecule has 240 valence electrons. The number of halogens is 3. The van der Waals surface area contributed by atoms with E-state index >= 15 is 0 Å². The van der Waals surface area contributed by atoms with Gasteiger partial charge in [-0.2, -0.15) is 13.2 Å². The normalized spacial score (nSPS) is 19.6. The number of amides is 1. The number of fused-ring (bicyclic) bond motifs is 1. The fourth-order valence-electron chi connectivity index (χ4n) is 5.69. The standard InChI is InChI=1S/C30H32N2O6.C2HF3O2/c1-18-6-4-5-7-23(18)19(2)31-27(33)16-32-15-24(21-10-13-25-26(14-21)38-17-37-25)28(30(34)35)29(32)20-8-11-22(36-3)12-9-20;3-2(4,5)1(6)7/h4-14,19,24,28-29H,15-17H2,1-3H3,(H,31,33)(H,34,35);(H,6,7)/t19?,24-,28-,29+;/m1./s1. The summed E-state index contributed by atoms with van der Waals surface area (Å²) < 4.78 is 48.0. The summed E-state index contributed by atoms with van der Waals surface area (Å²) in [7, 11) is 1.59. The number of nitrogens with zero attached hydrogens (tertiary/aromatic N) is 1. The Balaban J connectivity index is 0.000000591. The topological polar surface area (TPSA) is 135 Å². The van der Waals surface area contributed by atoms with Crippen LogP contribution < -0.4 is 19.5 Å². The third-order valence-corrected chi connectivity index (χ3v) is 7.79. The van der Waals surface area contributed by atoms with Gasteiger partial charge in [-0.25, -0.2) is 4.79 Å². The van der Waals surface area contributed by atoms with Crippen molar-refractivity contribution in [2.45, 2.75) is 38.0 Å². The van der Waals surface area contributed by atoms with Crippen molar-refractivity contribution in [3.05, 3.63) is 89.0 Å². The van der Waals surface area contributed by atoms with Crippen LogP contribution in [-0.4, -0.2) is 66.1 Å². The van der Waals surface area contributed by atoms with Crippen LogP contribution in [0.4, 0.5) is 13.2 Å². The summed E-state index contributed by atoms with van der Waals surface area (Å²) in [6.07, 6.45) is -5.08. The molecule has 0 bridgehead atoms. The first-order valence-corrected chi connectivity index (χ1v) is 14.0. The molecule has 2 heterocycles. The van der Waals surface area contributed by atoms with Crippen LogP contribution in [0.25, 0.3) is 0 Å². The third kappa shape index (κ3) is 7.85. The molecule has 1 fully saturated rings. The van der Waals surface area contributed by atoms with Crippen molar-refractivity contribution in [3.63, 3.8) is 0 Å². The molecule has 1 saturated heterocycles. The van der Waals surface area contributed by atoms with E-state index in [-0.39, 0.29) is 31.2 Å². The van der Waals surface area contributed by atoms with Gasteiger partial charge < -0.3 is 29.7 Å². The van der Waals surface area contributed by atoms with Crippen LogP contribution in [0.3, 0.4) is 0 Å². The van der Waals surface area contributed by atoms with Crippen molar-refractivity contribution in [2.75, 3.05) is 27.0 Å². The van der Waals surface area contributed by atoms with E-state index in [1.165, 1.54) is 0 Å². The maximum atomic E-state index is 13.3.